The fourth-order valence-electron chi connectivity index (χ4n) is 3.10. The maximum Gasteiger partial charge on any atom is 0.188 e. The zero-order valence-electron chi connectivity index (χ0n) is 14.1. The number of hydrogen-bond acceptors (Lipinski definition) is 6. The van der Waals surface area contributed by atoms with E-state index in [1.807, 2.05) is 24.4 Å². The lowest BCUT2D eigenvalue weighted by Crippen LogP contribution is -2.44. The molecular formula is C18H19N5O2. The minimum atomic E-state index is -0.243. The van der Waals surface area contributed by atoms with Crippen molar-refractivity contribution in [2.24, 2.45) is 4.99 Å². The number of aromatic nitrogens is 2. The first kappa shape index (κ1) is 15.7. The van der Waals surface area contributed by atoms with E-state index in [4.69, 9.17) is 0 Å². The molecule has 7 heteroatoms. The topological polar surface area (TPSA) is 70.3 Å². The lowest BCUT2D eigenvalue weighted by atomic mass is 10.0. The first-order valence-electron chi connectivity index (χ1n) is 8.35. The predicted molar refractivity (Wildman–Crippen MR) is 95.8 cm³/mol. The monoisotopic (exact) mass is 337 g/mol. The molecule has 128 valence electrons. The van der Waals surface area contributed by atoms with Gasteiger partial charge in [0.2, 0.25) is 0 Å². The third kappa shape index (κ3) is 2.98. The summed E-state index contributed by atoms with van der Waals surface area (Å²) in [5.41, 5.74) is 1.85. The van der Waals surface area contributed by atoms with E-state index in [-0.39, 0.29) is 18.0 Å². The Morgan fingerprint density at radius 2 is 1.88 bits per heavy atom. The van der Waals surface area contributed by atoms with Crippen LogP contribution in [0.3, 0.4) is 0 Å². The van der Waals surface area contributed by atoms with Crippen LogP contribution in [0.5, 0.6) is 0 Å². The third-order valence-electron chi connectivity index (χ3n) is 4.58. The van der Waals surface area contributed by atoms with Crippen molar-refractivity contribution in [1.82, 2.24) is 14.5 Å². The van der Waals surface area contributed by atoms with Gasteiger partial charge in [-0.3, -0.25) is 9.59 Å². The first-order valence-corrected chi connectivity index (χ1v) is 8.35. The minimum absolute atomic E-state index is 0.113. The van der Waals surface area contributed by atoms with E-state index in [0.29, 0.717) is 11.4 Å². The van der Waals surface area contributed by atoms with Crippen molar-refractivity contribution in [2.45, 2.75) is 6.42 Å². The number of likely N-dealkylation sites (N-methyl/N-ethyl adjacent to an activating group) is 1. The van der Waals surface area contributed by atoms with E-state index in [9.17, 15) is 9.59 Å². The Hall–Kier alpha value is -2.80. The Morgan fingerprint density at radius 3 is 2.64 bits per heavy atom. The molecule has 2 aliphatic rings. The highest BCUT2D eigenvalue weighted by molar-refractivity contribution is 6.50. The summed E-state index contributed by atoms with van der Waals surface area (Å²) in [6.07, 6.45) is 4.69. The van der Waals surface area contributed by atoms with Gasteiger partial charge >= 0.3 is 0 Å². The summed E-state index contributed by atoms with van der Waals surface area (Å²) in [6.45, 7) is 3.63. The molecule has 0 unspecified atom stereocenters. The molecule has 1 aliphatic heterocycles. The van der Waals surface area contributed by atoms with Gasteiger partial charge < -0.3 is 9.80 Å². The number of Topliss-reactive ketones (excluding diaryl/α,β-unsaturated/α-hetero) is 1. The largest absolute Gasteiger partial charge is 0.351 e. The Bertz CT molecular complexity index is 903. The summed E-state index contributed by atoms with van der Waals surface area (Å²) < 4.78 is 1.79. The highest BCUT2D eigenvalue weighted by Crippen LogP contribution is 2.33. The lowest BCUT2D eigenvalue weighted by molar-refractivity contribution is -0.121. The number of fused-ring (bicyclic) bond motifs is 1. The molecule has 1 fully saturated rings. The van der Waals surface area contributed by atoms with Crippen LogP contribution >= 0.6 is 0 Å². The first-order chi connectivity index (χ1) is 12.1. The van der Waals surface area contributed by atoms with E-state index >= 15 is 0 Å². The summed E-state index contributed by atoms with van der Waals surface area (Å²) >= 11 is 0. The second-order valence-corrected chi connectivity index (χ2v) is 6.39. The summed E-state index contributed by atoms with van der Waals surface area (Å²) in [6, 6.07) is 5.78. The van der Waals surface area contributed by atoms with Crippen molar-refractivity contribution < 1.29 is 9.59 Å². The van der Waals surface area contributed by atoms with Gasteiger partial charge in [-0.1, -0.05) is 6.07 Å². The molecule has 1 saturated heterocycles. The molecule has 2 aromatic rings. The number of ketones is 2. The normalized spacial score (nSPS) is 20.8. The molecule has 0 N–H and O–H groups in total. The third-order valence-corrected chi connectivity index (χ3v) is 4.58. The van der Waals surface area contributed by atoms with Crippen LogP contribution in [-0.4, -0.2) is 65.0 Å². The van der Waals surface area contributed by atoms with Crippen LogP contribution in [0, 0.1) is 0 Å². The lowest BCUT2D eigenvalue weighted by Gasteiger charge is -2.32. The quantitative estimate of drug-likeness (QED) is 0.772. The predicted octanol–water partition coefficient (Wildman–Crippen LogP) is 1.26. The SMILES string of the molecule is CN1CCN(c2nn3ccccc3c2N=C2C=CC(=O)CC2=O)CC1. The number of carbonyl (C=O) groups excluding carboxylic acids is 2. The average molecular weight is 337 g/mol. The summed E-state index contributed by atoms with van der Waals surface area (Å²) in [5.74, 6) is 0.361. The van der Waals surface area contributed by atoms with Gasteiger partial charge in [-0.05, 0) is 31.3 Å². The van der Waals surface area contributed by atoms with Crippen LogP contribution < -0.4 is 4.90 Å². The second-order valence-electron chi connectivity index (χ2n) is 6.39. The van der Waals surface area contributed by atoms with Crippen molar-refractivity contribution in [3.8, 4) is 0 Å². The highest BCUT2D eigenvalue weighted by Gasteiger charge is 2.24. The van der Waals surface area contributed by atoms with E-state index in [1.54, 1.807) is 4.52 Å². The molecule has 4 rings (SSSR count). The molecule has 0 bridgehead atoms. The zero-order chi connectivity index (χ0) is 17.4. The van der Waals surface area contributed by atoms with Gasteiger partial charge in [0.15, 0.2) is 17.4 Å². The van der Waals surface area contributed by atoms with Gasteiger partial charge in [0, 0.05) is 32.4 Å². The molecule has 0 spiro atoms. The standard InChI is InChI=1S/C18H19N5O2/c1-21-8-10-22(11-9-21)18-17(15-4-2-3-7-23(15)20-18)19-14-6-5-13(24)12-16(14)25/h2-7H,8-12H2,1H3. The van der Waals surface area contributed by atoms with Crippen LogP contribution in [0.2, 0.25) is 0 Å². The second kappa shape index (κ2) is 6.25. The molecule has 2 aromatic heterocycles. The number of aliphatic imine (C=N–C) groups is 1. The van der Waals surface area contributed by atoms with Crippen molar-refractivity contribution in [3.63, 3.8) is 0 Å². The summed E-state index contributed by atoms with van der Waals surface area (Å²) in [4.78, 5) is 32.6. The minimum Gasteiger partial charge on any atom is -0.351 e. The summed E-state index contributed by atoms with van der Waals surface area (Å²) in [5, 5.41) is 4.68. The number of nitrogens with zero attached hydrogens (tertiary/aromatic N) is 5. The van der Waals surface area contributed by atoms with Crippen LogP contribution in [0.1, 0.15) is 6.42 Å². The molecule has 3 heterocycles. The van der Waals surface area contributed by atoms with Gasteiger partial charge in [-0.2, -0.15) is 0 Å². The van der Waals surface area contributed by atoms with Crippen molar-refractivity contribution >= 4 is 34.3 Å². The molecule has 0 amide bonds. The van der Waals surface area contributed by atoms with E-state index < -0.39 is 0 Å². The molecule has 0 aromatic carbocycles. The fourth-order valence-corrected chi connectivity index (χ4v) is 3.10. The average Bonchev–Trinajstić information content (AvgIpc) is 2.97. The number of carbonyl (C=O) groups is 2. The van der Waals surface area contributed by atoms with Crippen molar-refractivity contribution in [2.75, 3.05) is 38.1 Å². The molecule has 25 heavy (non-hydrogen) atoms. The van der Waals surface area contributed by atoms with Crippen molar-refractivity contribution in [1.29, 1.82) is 0 Å². The number of rotatable bonds is 2. The smallest absolute Gasteiger partial charge is 0.188 e. The van der Waals surface area contributed by atoms with Crippen LogP contribution in [0.25, 0.3) is 5.52 Å². The molecule has 0 radical (unpaired) electrons. The van der Waals surface area contributed by atoms with Gasteiger partial charge in [0.05, 0.1) is 11.9 Å². The van der Waals surface area contributed by atoms with Crippen LogP contribution in [0.4, 0.5) is 11.5 Å². The maximum absolute atomic E-state index is 12.1. The highest BCUT2D eigenvalue weighted by atomic mass is 16.1. The molecule has 0 atom stereocenters. The Balaban J connectivity index is 1.81. The van der Waals surface area contributed by atoms with Gasteiger partial charge in [-0.25, -0.2) is 9.51 Å². The van der Waals surface area contributed by atoms with Crippen LogP contribution in [-0.2, 0) is 9.59 Å². The molecule has 0 saturated carbocycles. The van der Waals surface area contributed by atoms with Gasteiger partial charge in [-0.15, -0.1) is 5.10 Å². The number of allylic oxidation sites excluding steroid dienone is 2. The van der Waals surface area contributed by atoms with E-state index in [1.165, 1.54) is 12.2 Å². The van der Waals surface area contributed by atoms with E-state index in [0.717, 1.165) is 37.5 Å². The Morgan fingerprint density at radius 1 is 1.08 bits per heavy atom. The summed E-state index contributed by atoms with van der Waals surface area (Å²) in [7, 11) is 2.10. The molecule has 1 aliphatic carbocycles. The van der Waals surface area contributed by atoms with Crippen molar-refractivity contribution in [3.05, 3.63) is 36.5 Å². The molecule has 7 nitrogen and oxygen atoms in total. The van der Waals surface area contributed by atoms with Gasteiger partial charge in [0.1, 0.15) is 11.4 Å². The molecular weight excluding hydrogens is 318 g/mol. The van der Waals surface area contributed by atoms with Crippen LogP contribution in [0.15, 0.2) is 41.5 Å². The number of piperazine rings is 1. The van der Waals surface area contributed by atoms with E-state index in [2.05, 4.69) is 26.9 Å². The number of anilines is 1. The zero-order valence-corrected chi connectivity index (χ0v) is 14.1. The number of hydrogen-bond donors (Lipinski definition) is 0. The Labute approximate surface area is 145 Å². The number of pyridine rings is 1. The Kier molecular flexibility index (Phi) is 3.93. The fraction of sp³-hybridized carbons (Fsp3) is 0.333. The van der Waals surface area contributed by atoms with Gasteiger partial charge in [0.25, 0.3) is 0 Å². The maximum atomic E-state index is 12.1.